The van der Waals surface area contributed by atoms with Gasteiger partial charge in [0, 0.05) is 11.6 Å². The fourth-order valence-corrected chi connectivity index (χ4v) is 6.10. The molecule has 2 aromatic rings. The largest absolute Gasteiger partial charge is 0.497 e. The summed E-state index contributed by atoms with van der Waals surface area (Å²) in [4.78, 5) is 41.1. The van der Waals surface area contributed by atoms with Gasteiger partial charge in [-0.2, -0.15) is 0 Å². The van der Waals surface area contributed by atoms with Crippen LogP contribution in [0.3, 0.4) is 0 Å². The number of imide groups is 1. The van der Waals surface area contributed by atoms with Crippen LogP contribution in [0, 0.1) is 35.5 Å². The molecule has 0 unspecified atom stereocenters. The van der Waals surface area contributed by atoms with E-state index in [0.29, 0.717) is 40.3 Å². The Morgan fingerprint density at radius 3 is 2.27 bits per heavy atom. The lowest BCUT2D eigenvalue weighted by atomic mass is 9.63. The summed E-state index contributed by atoms with van der Waals surface area (Å²) in [6.07, 6.45) is 5.43. The van der Waals surface area contributed by atoms with E-state index in [1.165, 1.54) is 12.0 Å². The molecule has 0 radical (unpaired) electrons. The topological polar surface area (TPSA) is 84.9 Å². The maximum absolute atomic E-state index is 13.4. The number of anilines is 2. The first-order chi connectivity index (χ1) is 16.0. The maximum Gasteiger partial charge on any atom is 0.255 e. The molecule has 33 heavy (non-hydrogen) atoms. The highest BCUT2D eigenvalue weighted by atomic mass is 16.5. The van der Waals surface area contributed by atoms with Crippen LogP contribution in [0.15, 0.2) is 54.6 Å². The number of allylic oxidation sites excluding steroid dienone is 2. The fraction of sp³-hybridized carbons (Fsp3) is 0.346. The molecule has 1 heterocycles. The zero-order valence-electron chi connectivity index (χ0n) is 18.4. The third-order valence-electron chi connectivity index (χ3n) is 7.68. The third kappa shape index (κ3) is 2.91. The standard InChI is InChI=1S/C26H24N2O5/c1-32-15-6-9-21(33-2)20(11-15)27-24(29)13-4-3-5-14(10-13)28-25(30)22-16-7-8-17(19-12-18(16)19)23(22)26(28)31/h3-11,16-19,22-23H,12H2,1-2H3,(H,27,29)/t16-,17+,18-,19-,22+,23-/m1/s1. The van der Waals surface area contributed by atoms with Gasteiger partial charge in [-0.3, -0.25) is 14.4 Å². The molecular formula is C26H24N2O5. The first kappa shape index (κ1) is 20.0. The van der Waals surface area contributed by atoms with Gasteiger partial charge in [-0.15, -0.1) is 0 Å². The van der Waals surface area contributed by atoms with Crippen molar-refractivity contribution in [3.63, 3.8) is 0 Å². The Hall–Kier alpha value is -3.61. The molecule has 4 aliphatic carbocycles. The van der Waals surface area contributed by atoms with Crippen molar-refractivity contribution in [2.45, 2.75) is 6.42 Å². The Kier molecular flexibility index (Phi) is 4.37. The van der Waals surface area contributed by atoms with Crippen molar-refractivity contribution in [3.8, 4) is 11.5 Å². The predicted octanol–water partition coefficient (Wildman–Crippen LogP) is 3.51. The Balaban J connectivity index is 1.28. The first-order valence-electron chi connectivity index (χ1n) is 11.2. The van der Waals surface area contributed by atoms with Gasteiger partial charge in [0.25, 0.3) is 5.91 Å². The van der Waals surface area contributed by atoms with Crippen molar-refractivity contribution in [2.75, 3.05) is 24.4 Å². The highest BCUT2D eigenvalue weighted by Gasteiger charge is 2.67. The summed E-state index contributed by atoms with van der Waals surface area (Å²) in [5.41, 5.74) is 1.25. The maximum atomic E-state index is 13.4. The van der Waals surface area contributed by atoms with Crippen LogP contribution < -0.4 is 19.7 Å². The summed E-state index contributed by atoms with van der Waals surface area (Å²) in [5.74, 6) is 1.32. The molecule has 0 aromatic heterocycles. The Morgan fingerprint density at radius 1 is 0.939 bits per heavy atom. The van der Waals surface area contributed by atoms with Gasteiger partial charge in [0.1, 0.15) is 11.5 Å². The summed E-state index contributed by atoms with van der Waals surface area (Å²) in [6.45, 7) is 0. The SMILES string of the molecule is COc1ccc(OC)c(NC(=O)c2cccc(N3C(=O)[C@@H]4[C@H]5C=C[C@H]([C@H]6C[C@H]56)[C@@H]4C3=O)c2)c1. The van der Waals surface area contributed by atoms with E-state index in [-0.39, 0.29) is 41.4 Å². The van der Waals surface area contributed by atoms with Crippen LogP contribution >= 0.6 is 0 Å². The van der Waals surface area contributed by atoms with Crippen LogP contribution in [-0.4, -0.2) is 31.9 Å². The second kappa shape index (κ2) is 7.20. The van der Waals surface area contributed by atoms with Gasteiger partial charge in [-0.25, -0.2) is 4.90 Å². The number of ether oxygens (including phenoxy) is 2. The molecule has 0 spiro atoms. The number of methoxy groups -OCH3 is 2. The van der Waals surface area contributed by atoms with Crippen molar-refractivity contribution in [2.24, 2.45) is 35.5 Å². The van der Waals surface area contributed by atoms with Crippen LogP contribution in [-0.2, 0) is 9.59 Å². The molecule has 1 saturated heterocycles. The van der Waals surface area contributed by atoms with Crippen molar-refractivity contribution in [1.29, 1.82) is 0 Å². The summed E-state index contributed by atoms with van der Waals surface area (Å²) in [5, 5.41) is 2.84. The predicted molar refractivity (Wildman–Crippen MR) is 121 cm³/mol. The molecular weight excluding hydrogens is 420 g/mol. The van der Waals surface area contributed by atoms with Gasteiger partial charge in [-0.1, -0.05) is 18.2 Å². The molecule has 1 N–H and O–H groups in total. The average molecular weight is 444 g/mol. The second-order valence-corrected chi connectivity index (χ2v) is 9.24. The molecule has 7 rings (SSSR count). The van der Waals surface area contributed by atoms with Gasteiger partial charge < -0.3 is 14.8 Å². The monoisotopic (exact) mass is 444 g/mol. The number of hydrogen-bond donors (Lipinski definition) is 1. The highest BCUT2D eigenvalue weighted by molar-refractivity contribution is 6.23. The van der Waals surface area contributed by atoms with Crippen LogP contribution in [0.4, 0.5) is 11.4 Å². The first-order valence-corrected chi connectivity index (χ1v) is 11.2. The average Bonchev–Trinajstić information content (AvgIpc) is 3.62. The molecule has 3 amide bonds. The molecule has 168 valence electrons. The lowest BCUT2D eigenvalue weighted by molar-refractivity contribution is -0.124. The normalized spacial score (nSPS) is 30.7. The number of carbonyl (C=O) groups is 3. The van der Waals surface area contributed by atoms with Crippen molar-refractivity contribution < 1.29 is 23.9 Å². The zero-order chi connectivity index (χ0) is 22.9. The minimum atomic E-state index is -0.372. The number of rotatable bonds is 5. The van der Waals surface area contributed by atoms with Gasteiger partial charge in [-0.05, 0) is 60.4 Å². The zero-order valence-corrected chi connectivity index (χ0v) is 18.4. The number of benzene rings is 2. The van der Waals surface area contributed by atoms with Crippen molar-refractivity contribution in [1.82, 2.24) is 0 Å². The van der Waals surface area contributed by atoms with E-state index in [4.69, 9.17) is 9.47 Å². The van der Waals surface area contributed by atoms with Gasteiger partial charge in [0.15, 0.2) is 0 Å². The minimum absolute atomic E-state index is 0.137. The van der Waals surface area contributed by atoms with Crippen LogP contribution in [0.2, 0.25) is 0 Å². The summed E-state index contributed by atoms with van der Waals surface area (Å²) < 4.78 is 10.6. The molecule has 5 aliphatic rings. The van der Waals surface area contributed by atoms with Crippen LogP contribution in [0.1, 0.15) is 16.8 Å². The van der Waals surface area contributed by atoms with Gasteiger partial charge in [0.2, 0.25) is 11.8 Å². The van der Waals surface area contributed by atoms with Crippen LogP contribution in [0.5, 0.6) is 11.5 Å². The minimum Gasteiger partial charge on any atom is -0.497 e. The number of amides is 3. The smallest absolute Gasteiger partial charge is 0.255 e. The molecule has 7 nitrogen and oxygen atoms in total. The number of nitrogens with zero attached hydrogens (tertiary/aromatic N) is 1. The Labute approximate surface area is 191 Å². The third-order valence-corrected chi connectivity index (χ3v) is 7.68. The van der Waals surface area contributed by atoms with E-state index >= 15 is 0 Å². The Bertz CT molecular complexity index is 1180. The Morgan fingerprint density at radius 2 is 1.64 bits per heavy atom. The van der Waals surface area contributed by atoms with E-state index in [1.807, 2.05) is 0 Å². The molecule has 2 aromatic carbocycles. The number of hydrogen-bond acceptors (Lipinski definition) is 5. The van der Waals surface area contributed by atoms with Gasteiger partial charge >= 0.3 is 0 Å². The van der Waals surface area contributed by atoms with E-state index in [0.717, 1.165) is 6.42 Å². The highest BCUT2D eigenvalue weighted by Crippen LogP contribution is 2.65. The second-order valence-electron chi connectivity index (χ2n) is 9.24. The lowest BCUT2D eigenvalue weighted by Gasteiger charge is -2.37. The summed E-state index contributed by atoms with van der Waals surface area (Å²) in [7, 11) is 3.07. The van der Waals surface area contributed by atoms with E-state index < -0.39 is 0 Å². The van der Waals surface area contributed by atoms with Gasteiger partial charge in [0.05, 0.1) is 37.4 Å². The molecule has 2 bridgehead atoms. The molecule has 7 heteroatoms. The van der Waals surface area contributed by atoms with Crippen LogP contribution in [0.25, 0.3) is 0 Å². The summed E-state index contributed by atoms with van der Waals surface area (Å²) >= 11 is 0. The lowest BCUT2D eigenvalue weighted by Crippen LogP contribution is -2.40. The number of carbonyl (C=O) groups excluding carboxylic acids is 3. The quantitative estimate of drug-likeness (QED) is 0.564. The molecule has 2 saturated carbocycles. The van der Waals surface area contributed by atoms with E-state index in [1.54, 1.807) is 49.6 Å². The molecule has 6 atom stereocenters. The van der Waals surface area contributed by atoms with E-state index in [9.17, 15) is 14.4 Å². The number of nitrogens with one attached hydrogen (secondary N) is 1. The summed E-state index contributed by atoms with van der Waals surface area (Å²) in [6, 6.07) is 11.8. The van der Waals surface area contributed by atoms with Crippen molar-refractivity contribution >= 4 is 29.1 Å². The molecule has 1 aliphatic heterocycles. The van der Waals surface area contributed by atoms with Crippen molar-refractivity contribution in [3.05, 3.63) is 60.2 Å². The van der Waals surface area contributed by atoms with E-state index in [2.05, 4.69) is 17.5 Å². The molecule has 3 fully saturated rings. The fourth-order valence-electron chi connectivity index (χ4n) is 6.10.